The summed E-state index contributed by atoms with van der Waals surface area (Å²) >= 11 is 0. The van der Waals surface area contributed by atoms with Crippen molar-refractivity contribution < 1.29 is 0 Å². The van der Waals surface area contributed by atoms with Crippen LogP contribution >= 0.6 is 0 Å². The molecule has 0 bridgehead atoms. The van der Waals surface area contributed by atoms with Crippen LogP contribution in [0, 0.1) is 0 Å². The van der Waals surface area contributed by atoms with E-state index in [4.69, 9.17) is 5.73 Å². The van der Waals surface area contributed by atoms with Crippen molar-refractivity contribution in [1.82, 2.24) is 5.32 Å². The predicted octanol–water partition coefficient (Wildman–Crippen LogP) is -0.447. The first kappa shape index (κ1) is 5.92. The smallest absolute Gasteiger partial charge is 0.0136 e. The molecule has 0 heterocycles. The monoisotopic (exact) mass is 88.1 g/mol. The molecule has 0 fully saturated rings. The zero-order valence-corrected chi connectivity index (χ0v) is 4.36. The van der Waals surface area contributed by atoms with Crippen molar-refractivity contribution in [3.8, 4) is 0 Å². The van der Waals surface area contributed by atoms with E-state index in [0.717, 1.165) is 6.54 Å². The lowest BCUT2D eigenvalue weighted by molar-refractivity contribution is 0.666. The second kappa shape index (κ2) is 3.12. The van der Waals surface area contributed by atoms with Crippen LogP contribution < -0.4 is 11.1 Å². The molecule has 0 unspecified atom stereocenters. The summed E-state index contributed by atoms with van der Waals surface area (Å²) in [7, 11) is 1.89. The molecule has 1 atom stereocenters. The predicted molar refractivity (Wildman–Crippen MR) is 27.6 cm³/mol. The fourth-order valence-corrected chi connectivity index (χ4v) is 0.322. The van der Waals surface area contributed by atoms with E-state index in [2.05, 4.69) is 5.32 Å². The van der Waals surface area contributed by atoms with Crippen LogP contribution in [0.2, 0.25) is 0 Å². The molecule has 0 aliphatic carbocycles. The molecule has 6 heavy (non-hydrogen) atoms. The Kier molecular flexibility index (Phi) is 3.08. The molecule has 0 saturated carbocycles. The summed E-state index contributed by atoms with van der Waals surface area (Å²) in [5, 5.41) is 2.94. The van der Waals surface area contributed by atoms with Crippen LogP contribution in [-0.4, -0.2) is 19.6 Å². The number of rotatable bonds is 2. The van der Waals surface area contributed by atoms with E-state index in [1.807, 2.05) is 14.0 Å². The Bertz CT molecular complexity index is 26.7. The molecule has 0 saturated heterocycles. The van der Waals surface area contributed by atoms with Gasteiger partial charge in [0.25, 0.3) is 0 Å². The Hall–Kier alpha value is -0.0800. The van der Waals surface area contributed by atoms with Gasteiger partial charge in [-0.15, -0.1) is 0 Å². The number of nitrogens with two attached hydrogens (primary N) is 1. The molecule has 38 valence electrons. The molecule has 0 aromatic heterocycles. The number of nitrogens with one attached hydrogen (secondary N) is 1. The topological polar surface area (TPSA) is 38.0 Å². The van der Waals surface area contributed by atoms with Gasteiger partial charge in [0, 0.05) is 12.6 Å². The van der Waals surface area contributed by atoms with Gasteiger partial charge in [-0.1, -0.05) is 0 Å². The highest BCUT2D eigenvalue weighted by atomic mass is 14.8. The van der Waals surface area contributed by atoms with Crippen molar-refractivity contribution in [3.05, 3.63) is 0 Å². The van der Waals surface area contributed by atoms with Crippen LogP contribution in [0.25, 0.3) is 0 Å². The van der Waals surface area contributed by atoms with Gasteiger partial charge in [0.15, 0.2) is 0 Å². The number of hydrogen-bond donors (Lipinski definition) is 2. The van der Waals surface area contributed by atoms with Gasteiger partial charge in [-0.25, -0.2) is 0 Å². The Labute approximate surface area is 38.7 Å². The summed E-state index contributed by atoms with van der Waals surface area (Å²) < 4.78 is 0. The second-order valence-corrected chi connectivity index (χ2v) is 1.53. The molecule has 3 N–H and O–H groups in total. The van der Waals surface area contributed by atoms with Crippen molar-refractivity contribution in [2.75, 3.05) is 13.6 Å². The minimum atomic E-state index is 0.287. The van der Waals surface area contributed by atoms with Crippen LogP contribution in [0.3, 0.4) is 0 Å². The molecule has 0 rings (SSSR count). The molecule has 2 nitrogen and oxygen atoms in total. The Morgan fingerprint density at radius 2 is 2.33 bits per heavy atom. The van der Waals surface area contributed by atoms with Crippen LogP contribution in [0.5, 0.6) is 0 Å². The first-order valence-electron chi connectivity index (χ1n) is 2.17. The van der Waals surface area contributed by atoms with E-state index in [0.29, 0.717) is 0 Å². The first-order valence-corrected chi connectivity index (χ1v) is 2.17. The Morgan fingerprint density at radius 3 is 2.33 bits per heavy atom. The van der Waals surface area contributed by atoms with Crippen molar-refractivity contribution in [1.29, 1.82) is 0 Å². The Balaban J connectivity index is 2.63. The lowest BCUT2D eigenvalue weighted by atomic mass is 10.4. The van der Waals surface area contributed by atoms with Crippen molar-refractivity contribution in [3.63, 3.8) is 0 Å². The fraction of sp³-hybridized carbons (Fsp3) is 1.00. The molecule has 0 aliphatic heterocycles. The summed E-state index contributed by atoms with van der Waals surface area (Å²) in [6.07, 6.45) is 0. The van der Waals surface area contributed by atoms with Gasteiger partial charge in [0.2, 0.25) is 0 Å². The van der Waals surface area contributed by atoms with Crippen LogP contribution in [-0.2, 0) is 0 Å². The van der Waals surface area contributed by atoms with Crippen LogP contribution in [0.1, 0.15) is 6.92 Å². The minimum Gasteiger partial charge on any atom is -0.327 e. The summed E-state index contributed by atoms with van der Waals surface area (Å²) in [4.78, 5) is 0. The lowest BCUT2D eigenvalue weighted by Gasteiger charge is -1.99. The molecular weight excluding hydrogens is 76.1 g/mol. The van der Waals surface area contributed by atoms with E-state index in [1.165, 1.54) is 0 Å². The van der Waals surface area contributed by atoms with E-state index in [1.54, 1.807) is 0 Å². The molecule has 0 amide bonds. The van der Waals surface area contributed by atoms with E-state index < -0.39 is 0 Å². The highest BCUT2D eigenvalue weighted by Gasteiger charge is 1.84. The third kappa shape index (κ3) is 3.92. The van der Waals surface area contributed by atoms with Crippen molar-refractivity contribution in [2.24, 2.45) is 5.73 Å². The second-order valence-electron chi connectivity index (χ2n) is 1.53. The molecule has 0 aromatic carbocycles. The molecule has 0 aliphatic rings. The highest BCUT2D eigenvalue weighted by Crippen LogP contribution is 1.63. The maximum Gasteiger partial charge on any atom is 0.0136 e. The van der Waals surface area contributed by atoms with Gasteiger partial charge in [-0.05, 0) is 14.0 Å². The average molecular weight is 88.2 g/mol. The normalized spacial score (nSPS) is 14.5. The molecular formula is C4H12N2. The third-order valence-electron chi connectivity index (χ3n) is 0.526. The zero-order valence-electron chi connectivity index (χ0n) is 4.36. The number of hydrogen-bond acceptors (Lipinski definition) is 2. The SMILES string of the molecule is CNC[C@@H](C)N. The number of likely N-dealkylation sites (N-methyl/N-ethyl adjacent to an activating group) is 1. The molecule has 0 spiro atoms. The molecule has 0 aromatic rings. The third-order valence-corrected chi connectivity index (χ3v) is 0.526. The Morgan fingerprint density at radius 1 is 1.83 bits per heavy atom. The van der Waals surface area contributed by atoms with Crippen molar-refractivity contribution >= 4 is 0 Å². The summed E-state index contributed by atoms with van der Waals surface area (Å²) in [6, 6.07) is 0.287. The van der Waals surface area contributed by atoms with Gasteiger partial charge in [-0.3, -0.25) is 0 Å². The summed E-state index contributed by atoms with van der Waals surface area (Å²) in [5.74, 6) is 0. The van der Waals surface area contributed by atoms with Gasteiger partial charge in [-0.2, -0.15) is 0 Å². The van der Waals surface area contributed by atoms with E-state index in [-0.39, 0.29) is 6.04 Å². The quantitative estimate of drug-likeness (QED) is 0.480. The molecule has 0 radical (unpaired) electrons. The van der Waals surface area contributed by atoms with E-state index in [9.17, 15) is 0 Å². The van der Waals surface area contributed by atoms with Gasteiger partial charge >= 0.3 is 0 Å². The zero-order chi connectivity index (χ0) is 4.99. The maximum atomic E-state index is 5.34. The summed E-state index contributed by atoms with van der Waals surface area (Å²) in [6.45, 7) is 2.87. The first-order chi connectivity index (χ1) is 2.77. The summed E-state index contributed by atoms with van der Waals surface area (Å²) in [5.41, 5.74) is 5.34. The lowest BCUT2D eigenvalue weighted by Crippen LogP contribution is -2.28. The highest BCUT2D eigenvalue weighted by molar-refractivity contribution is 4.51. The fourth-order valence-electron chi connectivity index (χ4n) is 0.322. The van der Waals surface area contributed by atoms with Gasteiger partial charge < -0.3 is 11.1 Å². The average Bonchev–Trinajstić information content (AvgIpc) is 1.35. The maximum absolute atomic E-state index is 5.34. The standard InChI is InChI=1S/C4H12N2/c1-4(5)3-6-2/h4,6H,3,5H2,1-2H3/t4-/m1/s1. The van der Waals surface area contributed by atoms with Crippen LogP contribution in [0.4, 0.5) is 0 Å². The van der Waals surface area contributed by atoms with E-state index >= 15 is 0 Å². The minimum absolute atomic E-state index is 0.287. The largest absolute Gasteiger partial charge is 0.327 e. The molecule has 2 heteroatoms. The van der Waals surface area contributed by atoms with Gasteiger partial charge in [0.1, 0.15) is 0 Å². The van der Waals surface area contributed by atoms with Gasteiger partial charge in [0.05, 0.1) is 0 Å². The van der Waals surface area contributed by atoms with Crippen molar-refractivity contribution in [2.45, 2.75) is 13.0 Å². The van der Waals surface area contributed by atoms with Crippen LogP contribution in [0.15, 0.2) is 0 Å².